The van der Waals surface area contributed by atoms with Crippen LogP contribution < -0.4 is 19.6 Å². The summed E-state index contributed by atoms with van der Waals surface area (Å²) in [5.41, 5.74) is 6.33. The molecule has 4 aromatic rings. The first-order chi connectivity index (χ1) is 13.7. The Morgan fingerprint density at radius 1 is 0.964 bits per heavy atom. The summed E-state index contributed by atoms with van der Waals surface area (Å²) in [5, 5.41) is 5.35. The van der Waals surface area contributed by atoms with E-state index >= 15 is 0 Å². The first-order valence-corrected chi connectivity index (χ1v) is 8.55. The Morgan fingerprint density at radius 2 is 1.71 bits per heavy atom. The van der Waals surface area contributed by atoms with Gasteiger partial charge in [-0.1, -0.05) is 18.2 Å². The van der Waals surface area contributed by atoms with E-state index in [-0.39, 0.29) is 0 Å². The lowest BCUT2D eigenvalue weighted by atomic mass is 10.2. The van der Waals surface area contributed by atoms with E-state index in [0.29, 0.717) is 23.1 Å². The molecule has 0 atom stereocenters. The van der Waals surface area contributed by atoms with E-state index in [0.717, 1.165) is 27.5 Å². The summed E-state index contributed by atoms with van der Waals surface area (Å²) in [6.45, 7) is 0. The van der Waals surface area contributed by atoms with E-state index in [1.165, 1.54) is 6.33 Å². The molecule has 0 saturated heterocycles. The molecule has 0 saturated carbocycles. The van der Waals surface area contributed by atoms with Crippen LogP contribution in [-0.2, 0) is 0 Å². The van der Waals surface area contributed by atoms with Gasteiger partial charge in [-0.2, -0.15) is 5.10 Å². The minimum absolute atomic E-state index is 0.580. The lowest BCUT2D eigenvalue weighted by Gasteiger charge is -2.11. The standard InChI is InChI=1S/C20H19N5O3/c1-26-15-9-17(28-3)16(27-2)8-12(15)10-23-25-20-19-18(21-11-22-20)13-6-4-5-7-14(13)24-19/h4-11,24H,1-3H3,(H,21,22,25). The van der Waals surface area contributed by atoms with Crippen LogP contribution in [0.2, 0.25) is 0 Å². The molecule has 2 aromatic heterocycles. The fourth-order valence-electron chi connectivity index (χ4n) is 3.04. The van der Waals surface area contributed by atoms with Crippen molar-refractivity contribution in [1.82, 2.24) is 15.0 Å². The Bertz CT molecular complexity index is 1170. The number of aromatic amines is 1. The Morgan fingerprint density at radius 3 is 2.50 bits per heavy atom. The number of para-hydroxylation sites is 1. The Hall–Kier alpha value is -3.81. The molecule has 0 amide bonds. The first-order valence-electron chi connectivity index (χ1n) is 8.55. The maximum absolute atomic E-state index is 5.41. The van der Waals surface area contributed by atoms with Gasteiger partial charge in [-0.15, -0.1) is 0 Å². The summed E-state index contributed by atoms with van der Waals surface area (Å²) in [4.78, 5) is 12.0. The third-order valence-corrected chi connectivity index (χ3v) is 4.40. The number of hydrogen-bond donors (Lipinski definition) is 2. The molecule has 0 aliphatic carbocycles. The molecular weight excluding hydrogens is 358 g/mol. The number of hydrazone groups is 1. The summed E-state index contributed by atoms with van der Waals surface area (Å²) < 4.78 is 16.1. The second-order valence-corrected chi connectivity index (χ2v) is 5.94. The van der Waals surface area contributed by atoms with E-state index in [1.807, 2.05) is 24.3 Å². The summed E-state index contributed by atoms with van der Waals surface area (Å²) in [7, 11) is 4.74. The van der Waals surface area contributed by atoms with Gasteiger partial charge in [-0.3, -0.25) is 5.43 Å². The molecule has 0 fully saturated rings. The quantitative estimate of drug-likeness (QED) is 0.394. The number of methoxy groups -OCH3 is 3. The molecule has 2 N–H and O–H groups in total. The minimum Gasteiger partial charge on any atom is -0.496 e. The van der Waals surface area contributed by atoms with Crippen LogP contribution in [-0.4, -0.2) is 42.5 Å². The SMILES string of the molecule is COc1cc(OC)c(OC)cc1C=NNc1ncnc2c1[nH]c1ccccc12. The van der Waals surface area contributed by atoms with E-state index in [9.17, 15) is 0 Å². The molecule has 0 radical (unpaired) electrons. The van der Waals surface area contributed by atoms with Crippen LogP contribution in [0.5, 0.6) is 17.2 Å². The third-order valence-electron chi connectivity index (χ3n) is 4.40. The van der Waals surface area contributed by atoms with Gasteiger partial charge in [-0.05, 0) is 12.1 Å². The number of benzene rings is 2. The Balaban J connectivity index is 1.67. The zero-order valence-corrected chi connectivity index (χ0v) is 15.7. The van der Waals surface area contributed by atoms with Crippen LogP contribution in [0.1, 0.15) is 5.56 Å². The van der Waals surface area contributed by atoms with Crippen LogP contribution >= 0.6 is 0 Å². The maximum Gasteiger partial charge on any atom is 0.174 e. The van der Waals surface area contributed by atoms with E-state index in [4.69, 9.17) is 14.2 Å². The van der Waals surface area contributed by atoms with Crippen LogP contribution in [0, 0.1) is 0 Å². The molecule has 0 aliphatic heterocycles. The van der Waals surface area contributed by atoms with Crippen molar-refractivity contribution in [1.29, 1.82) is 0 Å². The van der Waals surface area contributed by atoms with Gasteiger partial charge >= 0.3 is 0 Å². The number of hydrogen-bond acceptors (Lipinski definition) is 7. The fraction of sp³-hybridized carbons (Fsp3) is 0.150. The lowest BCUT2D eigenvalue weighted by Crippen LogP contribution is -1.99. The average molecular weight is 377 g/mol. The van der Waals surface area contributed by atoms with Crippen molar-refractivity contribution in [2.45, 2.75) is 0 Å². The maximum atomic E-state index is 5.41. The average Bonchev–Trinajstić information content (AvgIpc) is 3.13. The van der Waals surface area contributed by atoms with E-state index in [2.05, 4.69) is 25.5 Å². The smallest absolute Gasteiger partial charge is 0.174 e. The van der Waals surface area contributed by atoms with Crippen LogP contribution in [0.4, 0.5) is 5.82 Å². The van der Waals surface area contributed by atoms with Crippen LogP contribution in [0.15, 0.2) is 47.8 Å². The summed E-state index contributed by atoms with van der Waals surface area (Å²) in [6, 6.07) is 11.5. The van der Waals surface area contributed by atoms with Crippen molar-refractivity contribution in [3.05, 3.63) is 48.3 Å². The molecule has 8 heteroatoms. The van der Waals surface area contributed by atoms with Gasteiger partial charge in [0.15, 0.2) is 17.3 Å². The van der Waals surface area contributed by atoms with Gasteiger partial charge in [0.25, 0.3) is 0 Å². The van der Waals surface area contributed by atoms with Crippen molar-refractivity contribution in [2.75, 3.05) is 26.8 Å². The molecule has 4 rings (SSSR count). The molecule has 0 aliphatic rings. The number of H-pyrrole nitrogens is 1. The van der Waals surface area contributed by atoms with Gasteiger partial charge in [0.1, 0.15) is 23.1 Å². The largest absolute Gasteiger partial charge is 0.496 e. The summed E-state index contributed by atoms with van der Waals surface area (Å²) >= 11 is 0. The zero-order chi connectivity index (χ0) is 19.5. The third kappa shape index (κ3) is 3.05. The van der Waals surface area contributed by atoms with Gasteiger partial charge in [0.2, 0.25) is 0 Å². The Labute approximate surface area is 161 Å². The number of ether oxygens (including phenoxy) is 3. The Kier molecular flexibility index (Phi) is 4.67. The summed E-state index contributed by atoms with van der Waals surface area (Å²) in [5.74, 6) is 2.36. The predicted octanol–water partition coefficient (Wildman–Crippen LogP) is 3.58. The molecule has 0 spiro atoms. The first kappa shape index (κ1) is 17.6. The van der Waals surface area contributed by atoms with Crippen molar-refractivity contribution >= 4 is 34.0 Å². The normalized spacial score (nSPS) is 11.2. The molecule has 8 nitrogen and oxygen atoms in total. The number of rotatable bonds is 6. The number of anilines is 1. The number of nitrogens with one attached hydrogen (secondary N) is 2. The molecule has 0 bridgehead atoms. The fourth-order valence-corrected chi connectivity index (χ4v) is 3.04. The lowest BCUT2D eigenvalue weighted by molar-refractivity contribution is 0.349. The molecule has 142 valence electrons. The van der Waals surface area contributed by atoms with Gasteiger partial charge in [-0.25, -0.2) is 9.97 Å². The second kappa shape index (κ2) is 7.43. The van der Waals surface area contributed by atoms with Gasteiger partial charge in [0, 0.05) is 22.5 Å². The molecule has 0 unspecified atom stereocenters. The highest BCUT2D eigenvalue weighted by atomic mass is 16.5. The molecule has 28 heavy (non-hydrogen) atoms. The van der Waals surface area contributed by atoms with Crippen LogP contribution in [0.3, 0.4) is 0 Å². The van der Waals surface area contributed by atoms with Gasteiger partial charge < -0.3 is 19.2 Å². The number of fused-ring (bicyclic) bond motifs is 3. The van der Waals surface area contributed by atoms with E-state index in [1.54, 1.807) is 39.7 Å². The highest BCUT2D eigenvalue weighted by molar-refractivity contribution is 6.08. The second-order valence-electron chi connectivity index (χ2n) is 5.94. The monoisotopic (exact) mass is 377 g/mol. The highest BCUT2D eigenvalue weighted by Crippen LogP contribution is 2.34. The molecule has 2 heterocycles. The van der Waals surface area contributed by atoms with Crippen LogP contribution in [0.25, 0.3) is 21.9 Å². The number of nitrogens with zero attached hydrogens (tertiary/aromatic N) is 3. The minimum atomic E-state index is 0.580. The molecular formula is C20H19N5O3. The molecule has 2 aromatic carbocycles. The van der Waals surface area contributed by atoms with Crippen molar-refractivity contribution in [2.24, 2.45) is 5.10 Å². The van der Waals surface area contributed by atoms with E-state index < -0.39 is 0 Å². The van der Waals surface area contributed by atoms with Crippen molar-refractivity contribution in [3.63, 3.8) is 0 Å². The highest BCUT2D eigenvalue weighted by Gasteiger charge is 2.11. The zero-order valence-electron chi connectivity index (χ0n) is 15.7. The van der Waals surface area contributed by atoms with Crippen molar-refractivity contribution in [3.8, 4) is 17.2 Å². The van der Waals surface area contributed by atoms with Gasteiger partial charge in [0.05, 0.1) is 27.5 Å². The summed E-state index contributed by atoms with van der Waals surface area (Å²) in [6.07, 6.45) is 3.15. The number of aromatic nitrogens is 3. The predicted molar refractivity (Wildman–Crippen MR) is 109 cm³/mol. The van der Waals surface area contributed by atoms with Crippen molar-refractivity contribution < 1.29 is 14.2 Å². The topological polar surface area (TPSA) is 93.7 Å².